The molecule has 0 aliphatic rings. The Morgan fingerprint density at radius 2 is 1.60 bits per heavy atom. The van der Waals surface area contributed by atoms with Crippen LogP contribution in [-0.2, 0) is 35.6 Å². The van der Waals surface area contributed by atoms with Crippen LogP contribution in [0, 0.1) is 0 Å². The van der Waals surface area contributed by atoms with Crippen molar-refractivity contribution in [2.45, 2.75) is 65.8 Å². The van der Waals surface area contributed by atoms with E-state index in [9.17, 15) is 9.59 Å². The molecule has 0 aliphatic heterocycles. The van der Waals surface area contributed by atoms with Gasteiger partial charge in [-0.3, -0.25) is 0 Å². The van der Waals surface area contributed by atoms with Gasteiger partial charge in [0.05, 0.1) is 18.7 Å². The van der Waals surface area contributed by atoms with Crippen LogP contribution in [0.2, 0.25) is 0 Å². The number of hydrogen-bond acceptors (Lipinski definition) is 6. The number of alkyl carbamates (subject to hydrolysis) is 1. The highest BCUT2D eigenvalue weighted by atomic mass is 16.6. The fourth-order valence-corrected chi connectivity index (χ4v) is 4.17. The minimum Gasteiger partial charge on any atom is -0.456 e. The first-order chi connectivity index (χ1) is 19.2. The maximum Gasteiger partial charge on any atom is 0.407 e. The second-order valence-electron chi connectivity index (χ2n) is 10.5. The summed E-state index contributed by atoms with van der Waals surface area (Å²) in [5.74, 6) is 1.04. The Morgan fingerprint density at radius 3 is 2.30 bits per heavy atom. The number of aryl methyl sites for hydroxylation is 1. The zero-order valence-corrected chi connectivity index (χ0v) is 23.5. The molecule has 3 aromatic carbocycles. The average Bonchev–Trinajstić information content (AvgIpc) is 3.32. The van der Waals surface area contributed by atoms with Gasteiger partial charge < -0.3 is 14.8 Å². The van der Waals surface area contributed by atoms with E-state index in [1.165, 1.54) is 0 Å². The fourth-order valence-electron chi connectivity index (χ4n) is 4.17. The number of esters is 1. The minimum atomic E-state index is -0.571. The second kappa shape index (κ2) is 13.1. The van der Waals surface area contributed by atoms with Gasteiger partial charge in [-0.2, -0.15) is 5.10 Å². The highest BCUT2D eigenvalue weighted by Crippen LogP contribution is 2.26. The van der Waals surface area contributed by atoms with E-state index in [0.29, 0.717) is 17.9 Å². The predicted molar refractivity (Wildman–Crippen MR) is 154 cm³/mol. The van der Waals surface area contributed by atoms with Crippen molar-refractivity contribution >= 4 is 12.1 Å². The molecule has 0 unspecified atom stereocenters. The first-order valence-corrected chi connectivity index (χ1v) is 13.5. The van der Waals surface area contributed by atoms with Crippen LogP contribution in [0.3, 0.4) is 0 Å². The standard InChI is InChI=1S/C32H36N4O4/c1-5-11-29-34-28(20-33-31(38)39-22-24-12-7-6-8-13-24)35-36(29)21-23-16-18-25(19-17-23)26-14-9-10-15-27(26)30(37)40-32(2,3)4/h6-10,12-19H,5,11,20-22H2,1-4H3,(H,33,38). The van der Waals surface area contributed by atoms with Crippen molar-refractivity contribution in [1.82, 2.24) is 20.1 Å². The van der Waals surface area contributed by atoms with Gasteiger partial charge >= 0.3 is 12.1 Å². The summed E-state index contributed by atoms with van der Waals surface area (Å²) in [5, 5.41) is 7.37. The molecule has 0 fully saturated rings. The lowest BCUT2D eigenvalue weighted by atomic mass is 9.98. The highest BCUT2D eigenvalue weighted by Gasteiger charge is 2.20. The normalized spacial score (nSPS) is 11.2. The third-order valence-corrected chi connectivity index (χ3v) is 6.01. The average molecular weight is 541 g/mol. The molecule has 1 N–H and O–H groups in total. The van der Waals surface area contributed by atoms with Crippen molar-refractivity contribution in [2.24, 2.45) is 0 Å². The molecule has 0 saturated carbocycles. The largest absolute Gasteiger partial charge is 0.456 e. The Kier molecular flexibility index (Phi) is 9.32. The van der Waals surface area contributed by atoms with E-state index in [4.69, 9.17) is 9.47 Å². The quantitative estimate of drug-likeness (QED) is 0.236. The maximum atomic E-state index is 12.8. The van der Waals surface area contributed by atoms with E-state index in [1.807, 2.05) is 98.2 Å². The maximum absolute atomic E-state index is 12.8. The molecule has 0 saturated heterocycles. The topological polar surface area (TPSA) is 95.3 Å². The summed E-state index contributed by atoms with van der Waals surface area (Å²) in [6.45, 7) is 8.59. The van der Waals surface area contributed by atoms with E-state index in [1.54, 1.807) is 6.07 Å². The van der Waals surface area contributed by atoms with Crippen LogP contribution in [0.1, 0.15) is 67.2 Å². The Morgan fingerprint density at radius 1 is 0.900 bits per heavy atom. The summed E-state index contributed by atoms with van der Waals surface area (Å²) >= 11 is 0. The lowest BCUT2D eigenvalue weighted by molar-refractivity contribution is 0.00703. The molecule has 0 spiro atoms. The number of benzene rings is 3. The summed E-state index contributed by atoms with van der Waals surface area (Å²) in [6.07, 6.45) is 1.18. The van der Waals surface area contributed by atoms with Crippen molar-refractivity contribution in [3.05, 3.63) is 107 Å². The summed E-state index contributed by atoms with van der Waals surface area (Å²) in [4.78, 5) is 29.6. The number of carbonyl (C=O) groups excluding carboxylic acids is 2. The third kappa shape index (κ3) is 8.02. The lowest BCUT2D eigenvalue weighted by Gasteiger charge is -2.20. The van der Waals surface area contributed by atoms with Crippen molar-refractivity contribution in [3.8, 4) is 11.1 Å². The molecule has 1 aromatic heterocycles. The highest BCUT2D eigenvalue weighted by molar-refractivity contribution is 5.97. The minimum absolute atomic E-state index is 0.178. The van der Waals surface area contributed by atoms with Crippen LogP contribution >= 0.6 is 0 Å². The molecule has 4 rings (SSSR count). The number of ether oxygens (including phenoxy) is 2. The van der Waals surface area contributed by atoms with Crippen molar-refractivity contribution in [2.75, 3.05) is 0 Å². The number of hydrogen-bond donors (Lipinski definition) is 1. The molecule has 1 amide bonds. The van der Waals surface area contributed by atoms with E-state index in [-0.39, 0.29) is 19.1 Å². The predicted octanol–water partition coefficient (Wildman–Crippen LogP) is 6.33. The van der Waals surface area contributed by atoms with Crippen molar-refractivity contribution in [1.29, 1.82) is 0 Å². The molecule has 8 heteroatoms. The number of nitrogens with zero attached hydrogens (tertiary/aromatic N) is 3. The number of amides is 1. The summed E-state index contributed by atoms with van der Waals surface area (Å²) in [5.41, 5.74) is 3.68. The molecule has 0 radical (unpaired) electrons. The fraction of sp³-hybridized carbons (Fsp3) is 0.312. The van der Waals surface area contributed by atoms with Gasteiger partial charge in [-0.1, -0.05) is 79.7 Å². The summed E-state index contributed by atoms with van der Waals surface area (Å²) < 4.78 is 12.8. The number of aromatic nitrogens is 3. The first kappa shape index (κ1) is 28.5. The van der Waals surface area contributed by atoms with Gasteiger partial charge in [-0.25, -0.2) is 19.3 Å². The van der Waals surface area contributed by atoms with Crippen LogP contribution in [-0.4, -0.2) is 32.4 Å². The molecule has 4 aromatic rings. The summed E-state index contributed by atoms with van der Waals surface area (Å²) in [6, 6.07) is 25.0. The Labute approximate surface area is 235 Å². The number of rotatable bonds is 10. The van der Waals surface area contributed by atoms with Gasteiger partial charge in [0, 0.05) is 6.42 Å². The molecule has 0 atom stereocenters. The molecule has 0 aliphatic carbocycles. The van der Waals surface area contributed by atoms with Crippen LogP contribution in [0.5, 0.6) is 0 Å². The second-order valence-corrected chi connectivity index (χ2v) is 10.5. The van der Waals surface area contributed by atoms with Crippen LogP contribution in [0.4, 0.5) is 4.79 Å². The molecule has 208 valence electrons. The van der Waals surface area contributed by atoms with Crippen molar-refractivity contribution < 1.29 is 19.1 Å². The Bertz CT molecular complexity index is 1420. The van der Waals surface area contributed by atoms with E-state index >= 15 is 0 Å². The SMILES string of the molecule is CCCc1nc(CNC(=O)OCc2ccccc2)nn1Cc1ccc(-c2ccccc2C(=O)OC(C)(C)C)cc1. The van der Waals surface area contributed by atoms with Crippen LogP contribution in [0.25, 0.3) is 11.1 Å². The monoisotopic (exact) mass is 540 g/mol. The van der Waals surface area contributed by atoms with Crippen molar-refractivity contribution in [3.63, 3.8) is 0 Å². The molecule has 8 nitrogen and oxygen atoms in total. The number of carbonyl (C=O) groups is 2. The molecular weight excluding hydrogens is 504 g/mol. The van der Waals surface area contributed by atoms with Crippen LogP contribution in [0.15, 0.2) is 78.9 Å². The molecule has 1 heterocycles. The zero-order chi connectivity index (χ0) is 28.5. The Balaban J connectivity index is 1.41. The third-order valence-electron chi connectivity index (χ3n) is 6.01. The van der Waals surface area contributed by atoms with Gasteiger partial charge in [0.15, 0.2) is 5.82 Å². The zero-order valence-electron chi connectivity index (χ0n) is 23.5. The molecule has 40 heavy (non-hydrogen) atoms. The van der Waals surface area contributed by atoms with Gasteiger partial charge in [0.1, 0.15) is 18.0 Å². The van der Waals surface area contributed by atoms with Gasteiger partial charge in [-0.15, -0.1) is 0 Å². The van der Waals surface area contributed by atoms with Gasteiger partial charge in [-0.05, 0) is 55.5 Å². The summed E-state index contributed by atoms with van der Waals surface area (Å²) in [7, 11) is 0. The Hall–Kier alpha value is -4.46. The smallest absolute Gasteiger partial charge is 0.407 e. The van der Waals surface area contributed by atoms with E-state index < -0.39 is 11.7 Å². The first-order valence-electron chi connectivity index (χ1n) is 13.5. The van der Waals surface area contributed by atoms with E-state index in [2.05, 4.69) is 22.3 Å². The van der Waals surface area contributed by atoms with Gasteiger partial charge in [0.25, 0.3) is 0 Å². The van der Waals surface area contributed by atoms with Crippen LogP contribution < -0.4 is 5.32 Å². The number of nitrogens with one attached hydrogen (secondary N) is 1. The molecule has 0 bridgehead atoms. The molecular formula is C32H36N4O4. The lowest BCUT2D eigenvalue weighted by Crippen LogP contribution is -2.24. The van der Waals surface area contributed by atoms with E-state index in [0.717, 1.165) is 40.9 Å². The van der Waals surface area contributed by atoms with Gasteiger partial charge in [0.2, 0.25) is 0 Å².